The summed E-state index contributed by atoms with van der Waals surface area (Å²) < 4.78 is 0. The Labute approximate surface area is 112 Å². The van der Waals surface area contributed by atoms with Crippen molar-refractivity contribution < 1.29 is 0 Å². The van der Waals surface area contributed by atoms with Gasteiger partial charge in [-0.25, -0.2) is 0 Å². The molecule has 0 amide bonds. The van der Waals surface area contributed by atoms with E-state index in [2.05, 4.69) is 62.3 Å². The van der Waals surface area contributed by atoms with Crippen molar-refractivity contribution in [2.75, 3.05) is 20.1 Å². The maximum Gasteiger partial charge on any atom is 0.0230 e. The van der Waals surface area contributed by atoms with E-state index in [0.717, 1.165) is 13.1 Å². The smallest absolute Gasteiger partial charge is 0.0230 e. The summed E-state index contributed by atoms with van der Waals surface area (Å²) in [6.45, 7) is 9.91. The highest BCUT2D eigenvalue weighted by Crippen LogP contribution is 2.07. The van der Waals surface area contributed by atoms with Gasteiger partial charge in [0.05, 0.1) is 0 Å². The fraction of sp³-hybridized carbons (Fsp3) is 0.625. The van der Waals surface area contributed by atoms with Gasteiger partial charge in [0, 0.05) is 12.6 Å². The van der Waals surface area contributed by atoms with Crippen molar-refractivity contribution in [3.8, 4) is 0 Å². The van der Waals surface area contributed by atoms with E-state index in [0.29, 0.717) is 6.04 Å². The lowest BCUT2D eigenvalue weighted by atomic mass is 10.1. The lowest BCUT2D eigenvalue weighted by Gasteiger charge is -2.17. The molecule has 102 valence electrons. The van der Waals surface area contributed by atoms with Crippen molar-refractivity contribution in [3.63, 3.8) is 0 Å². The average Bonchev–Trinajstić information content (AvgIpc) is 2.28. The van der Waals surface area contributed by atoms with E-state index in [9.17, 15) is 0 Å². The zero-order chi connectivity index (χ0) is 13.4. The number of nitrogens with zero attached hydrogens (tertiary/aromatic N) is 1. The van der Waals surface area contributed by atoms with E-state index in [-0.39, 0.29) is 0 Å². The van der Waals surface area contributed by atoms with Gasteiger partial charge in [-0.3, -0.25) is 0 Å². The number of nitrogens with one attached hydrogen (secondary N) is 1. The van der Waals surface area contributed by atoms with Crippen LogP contribution in [-0.4, -0.2) is 31.1 Å². The second-order valence-corrected chi connectivity index (χ2v) is 5.54. The van der Waals surface area contributed by atoms with Crippen molar-refractivity contribution in [3.05, 3.63) is 35.4 Å². The molecule has 0 aliphatic carbocycles. The van der Waals surface area contributed by atoms with Crippen LogP contribution in [0.15, 0.2) is 24.3 Å². The predicted octanol–water partition coefficient (Wildman–Crippen LogP) is 3.21. The predicted molar refractivity (Wildman–Crippen MR) is 79.9 cm³/mol. The highest BCUT2D eigenvalue weighted by molar-refractivity contribution is 5.21. The number of rotatable bonds is 8. The minimum absolute atomic E-state index is 0.607. The van der Waals surface area contributed by atoms with Gasteiger partial charge in [-0.15, -0.1) is 0 Å². The monoisotopic (exact) mass is 248 g/mol. The standard InChI is InChI=1S/C16H28N2/c1-14(2)17-10-5-6-11-18(4)13-16-9-7-8-15(3)12-16/h7-9,12,14,17H,5-6,10-11,13H2,1-4H3. The summed E-state index contributed by atoms with van der Waals surface area (Å²) >= 11 is 0. The molecule has 1 aromatic carbocycles. The van der Waals surface area contributed by atoms with Gasteiger partial charge < -0.3 is 10.2 Å². The first-order valence-electron chi connectivity index (χ1n) is 7.05. The van der Waals surface area contributed by atoms with Gasteiger partial charge in [0.15, 0.2) is 0 Å². The Hall–Kier alpha value is -0.860. The zero-order valence-corrected chi connectivity index (χ0v) is 12.4. The van der Waals surface area contributed by atoms with Crippen molar-refractivity contribution >= 4 is 0 Å². The largest absolute Gasteiger partial charge is 0.315 e. The van der Waals surface area contributed by atoms with Crippen molar-refractivity contribution in [2.45, 2.75) is 46.2 Å². The van der Waals surface area contributed by atoms with E-state index < -0.39 is 0 Å². The number of unbranched alkanes of at least 4 members (excludes halogenated alkanes) is 1. The summed E-state index contributed by atoms with van der Waals surface area (Å²) in [7, 11) is 2.21. The van der Waals surface area contributed by atoms with Gasteiger partial charge in [-0.1, -0.05) is 43.7 Å². The lowest BCUT2D eigenvalue weighted by molar-refractivity contribution is 0.317. The fourth-order valence-corrected chi connectivity index (χ4v) is 2.10. The average molecular weight is 248 g/mol. The first kappa shape index (κ1) is 15.2. The zero-order valence-electron chi connectivity index (χ0n) is 12.4. The Morgan fingerprint density at radius 2 is 2.00 bits per heavy atom. The van der Waals surface area contributed by atoms with Crippen LogP contribution in [0.1, 0.15) is 37.8 Å². The number of hydrogen-bond acceptors (Lipinski definition) is 2. The molecule has 0 saturated carbocycles. The molecule has 0 aliphatic rings. The Bertz CT molecular complexity index is 334. The number of aryl methyl sites for hydroxylation is 1. The summed E-state index contributed by atoms with van der Waals surface area (Å²) in [6, 6.07) is 9.39. The Morgan fingerprint density at radius 1 is 1.22 bits per heavy atom. The quantitative estimate of drug-likeness (QED) is 0.711. The van der Waals surface area contributed by atoms with Crippen LogP contribution in [0.5, 0.6) is 0 Å². The van der Waals surface area contributed by atoms with Crippen LogP contribution in [0.3, 0.4) is 0 Å². The maximum atomic E-state index is 3.46. The van der Waals surface area contributed by atoms with Crippen LogP contribution in [0, 0.1) is 6.92 Å². The Balaban J connectivity index is 2.16. The second kappa shape index (κ2) is 8.28. The molecule has 0 saturated heterocycles. The van der Waals surface area contributed by atoms with Gasteiger partial charge in [-0.05, 0) is 45.5 Å². The van der Waals surface area contributed by atoms with Crippen LogP contribution in [-0.2, 0) is 6.54 Å². The van der Waals surface area contributed by atoms with E-state index in [4.69, 9.17) is 0 Å². The molecule has 0 bridgehead atoms. The molecular weight excluding hydrogens is 220 g/mol. The Morgan fingerprint density at radius 3 is 2.67 bits per heavy atom. The van der Waals surface area contributed by atoms with Crippen LogP contribution < -0.4 is 5.32 Å². The van der Waals surface area contributed by atoms with Crippen LogP contribution in [0.2, 0.25) is 0 Å². The van der Waals surface area contributed by atoms with Crippen molar-refractivity contribution in [1.29, 1.82) is 0 Å². The molecule has 0 aromatic heterocycles. The molecule has 1 rings (SSSR count). The van der Waals surface area contributed by atoms with Gasteiger partial charge in [-0.2, -0.15) is 0 Å². The first-order valence-corrected chi connectivity index (χ1v) is 7.05. The third kappa shape index (κ3) is 6.77. The first-order chi connectivity index (χ1) is 8.58. The van der Waals surface area contributed by atoms with Gasteiger partial charge in [0.25, 0.3) is 0 Å². The third-order valence-corrected chi connectivity index (χ3v) is 3.05. The molecule has 0 aliphatic heterocycles. The van der Waals surface area contributed by atoms with E-state index in [1.807, 2.05) is 0 Å². The minimum atomic E-state index is 0.607. The molecule has 0 fully saturated rings. The maximum absolute atomic E-state index is 3.46. The summed E-state index contributed by atoms with van der Waals surface area (Å²) in [5.74, 6) is 0. The fourth-order valence-electron chi connectivity index (χ4n) is 2.10. The lowest BCUT2D eigenvalue weighted by Crippen LogP contribution is -2.25. The molecule has 0 heterocycles. The summed E-state index contributed by atoms with van der Waals surface area (Å²) in [6.07, 6.45) is 2.53. The van der Waals surface area contributed by atoms with Crippen LogP contribution >= 0.6 is 0 Å². The van der Waals surface area contributed by atoms with E-state index in [1.54, 1.807) is 0 Å². The molecule has 18 heavy (non-hydrogen) atoms. The molecule has 0 atom stereocenters. The molecule has 0 unspecified atom stereocenters. The second-order valence-electron chi connectivity index (χ2n) is 5.54. The minimum Gasteiger partial charge on any atom is -0.315 e. The van der Waals surface area contributed by atoms with E-state index in [1.165, 1.54) is 30.5 Å². The third-order valence-electron chi connectivity index (χ3n) is 3.05. The molecule has 2 nitrogen and oxygen atoms in total. The molecule has 0 spiro atoms. The summed E-state index contributed by atoms with van der Waals surface area (Å²) in [4.78, 5) is 2.41. The highest BCUT2D eigenvalue weighted by Gasteiger charge is 2.00. The molecule has 0 radical (unpaired) electrons. The van der Waals surface area contributed by atoms with Crippen molar-refractivity contribution in [2.24, 2.45) is 0 Å². The van der Waals surface area contributed by atoms with Gasteiger partial charge >= 0.3 is 0 Å². The SMILES string of the molecule is Cc1cccc(CN(C)CCCCNC(C)C)c1. The summed E-state index contributed by atoms with van der Waals surface area (Å²) in [5.41, 5.74) is 2.76. The molecule has 2 heteroatoms. The van der Waals surface area contributed by atoms with Gasteiger partial charge in [0.1, 0.15) is 0 Å². The number of benzene rings is 1. The molecular formula is C16H28N2. The van der Waals surface area contributed by atoms with Crippen LogP contribution in [0.25, 0.3) is 0 Å². The Kier molecular flexibility index (Phi) is 6.99. The summed E-state index contributed by atoms with van der Waals surface area (Å²) in [5, 5.41) is 3.46. The van der Waals surface area contributed by atoms with Gasteiger partial charge in [0.2, 0.25) is 0 Å². The number of hydrogen-bond donors (Lipinski definition) is 1. The molecule has 1 aromatic rings. The topological polar surface area (TPSA) is 15.3 Å². The van der Waals surface area contributed by atoms with Crippen molar-refractivity contribution in [1.82, 2.24) is 10.2 Å². The highest BCUT2D eigenvalue weighted by atomic mass is 15.1. The molecule has 1 N–H and O–H groups in total. The normalized spacial score (nSPS) is 11.4. The van der Waals surface area contributed by atoms with Crippen LogP contribution in [0.4, 0.5) is 0 Å². The van der Waals surface area contributed by atoms with E-state index >= 15 is 0 Å².